The summed E-state index contributed by atoms with van der Waals surface area (Å²) in [5, 5.41) is 0. The summed E-state index contributed by atoms with van der Waals surface area (Å²) < 4.78 is 5.47. The highest BCUT2D eigenvalue weighted by Gasteiger charge is 2.03. The smallest absolute Gasteiger partial charge is 0.196 e. The van der Waals surface area contributed by atoms with Gasteiger partial charge in [-0.2, -0.15) is 0 Å². The molecule has 14 heavy (non-hydrogen) atoms. The Morgan fingerprint density at radius 2 is 2.21 bits per heavy atom. The molecule has 2 N–H and O–H groups in total. The topological polar surface area (TPSA) is 52.0 Å². The highest BCUT2D eigenvalue weighted by Crippen LogP contribution is 2.16. The third kappa shape index (κ3) is 2.05. The second-order valence-electron chi connectivity index (χ2n) is 3.12. The molecule has 0 aliphatic heterocycles. The summed E-state index contributed by atoms with van der Waals surface area (Å²) >= 11 is 0. The molecule has 2 aromatic rings. The van der Waals surface area contributed by atoms with E-state index in [9.17, 15) is 0 Å². The molecular weight excluding hydrogens is 200 g/mol. The molecule has 0 spiro atoms. The molecule has 0 aliphatic rings. The molecule has 0 fully saturated rings. The number of rotatable bonds is 2. The Hall–Kier alpha value is -1.06. The van der Waals surface area contributed by atoms with Crippen LogP contribution in [0.15, 0.2) is 22.6 Å². The van der Waals surface area contributed by atoms with Crippen molar-refractivity contribution in [3.05, 3.63) is 29.7 Å². The number of benzene rings is 1. The summed E-state index contributed by atoms with van der Waals surface area (Å²) in [5.41, 5.74) is 8.37. The number of aromatic nitrogens is 1. The van der Waals surface area contributed by atoms with Crippen molar-refractivity contribution in [2.75, 3.05) is 6.54 Å². The lowest BCUT2D eigenvalue weighted by Crippen LogP contribution is -2.02. The standard InChI is InChI=1S/C10H12N2O.ClH/c1-7-2-3-9-8(6-7)12-10(13-9)4-5-11;/h2-3,6H,4-5,11H2,1H3;1H. The fourth-order valence-electron chi connectivity index (χ4n) is 1.32. The zero-order chi connectivity index (χ0) is 9.26. The summed E-state index contributed by atoms with van der Waals surface area (Å²) in [7, 11) is 0. The van der Waals surface area contributed by atoms with Gasteiger partial charge in [0.05, 0.1) is 0 Å². The summed E-state index contributed by atoms with van der Waals surface area (Å²) in [6.07, 6.45) is 0.702. The van der Waals surface area contributed by atoms with Crippen LogP contribution in [0.3, 0.4) is 0 Å². The van der Waals surface area contributed by atoms with Crippen LogP contribution in [-0.2, 0) is 6.42 Å². The van der Waals surface area contributed by atoms with Crippen LogP contribution >= 0.6 is 12.4 Å². The monoisotopic (exact) mass is 212 g/mol. The predicted octanol–water partition coefficient (Wildman–Crippen LogP) is 2.06. The van der Waals surface area contributed by atoms with E-state index in [1.54, 1.807) is 0 Å². The molecule has 0 bridgehead atoms. The van der Waals surface area contributed by atoms with Crippen molar-refractivity contribution in [1.29, 1.82) is 0 Å². The van der Waals surface area contributed by atoms with Crippen molar-refractivity contribution >= 4 is 23.5 Å². The molecule has 0 radical (unpaired) electrons. The van der Waals surface area contributed by atoms with Crippen molar-refractivity contribution in [2.24, 2.45) is 5.73 Å². The number of halogens is 1. The van der Waals surface area contributed by atoms with Crippen LogP contribution in [0.25, 0.3) is 11.1 Å². The summed E-state index contributed by atoms with van der Waals surface area (Å²) in [5.74, 6) is 0.725. The Kier molecular flexibility index (Phi) is 3.49. The summed E-state index contributed by atoms with van der Waals surface area (Å²) in [4.78, 5) is 4.32. The van der Waals surface area contributed by atoms with Crippen LogP contribution in [-0.4, -0.2) is 11.5 Å². The first-order valence-corrected chi connectivity index (χ1v) is 4.36. The lowest BCUT2D eigenvalue weighted by atomic mass is 10.2. The predicted molar refractivity (Wildman–Crippen MR) is 58.8 cm³/mol. The molecule has 0 atom stereocenters. The first-order valence-electron chi connectivity index (χ1n) is 4.36. The molecule has 1 heterocycles. The number of nitrogens with two attached hydrogens (primary N) is 1. The maximum Gasteiger partial charge on any atom is 0.196 e. The van der Waals surface area contributed by atoms with Crippen molar-refractivity contribution in [3.63, 3.8) is 0 Å². The van der Waals surface area contributed by atoms with Gasteiger partial charge in [-0.3, -0.25) is 0 Å². The number of oxazole rings is 1. The zero-order valence-corrected chi connectivity index (χ0v) is 8.80. The molecule has 2 rings (SSSR count). The Labute approximate surface area is 88.7 Å². The van der Waals surface area contributed by atoms with E-state index in [0.717, 1.165) is 17.0 Å². The summed E-state index contributed by atoms with van der Waals surface area (Å²) in [6.45, 7) is 2.61. The molecule has 0 saturated carbocycles. The van der Waals surface area contributed by atoms with Gasteiger partial charge >= 0.3 is 0 Å². The van der Waals surface area contributed by atoms with Gasteiger partial charge in [0.25, 0.3) is 0 Å². The van der Waals surface area contributed by atoms with Gasteiger partial charge in [-0.15, -0.1) is 12.4 Å². The van der Waals surface area contributed by atoms with Gasteiger partial charge < -0.3 is 10.2 Å². The van der Waals surface area contributed by atoms with Gasteiger partial charge in [0, 0.05) is 13.0 Å². The number of fused-ring (bicyclic) bond motifs is 1. The van der Waals surface area contributed by atoms with Crippen LogP contribution in [0.5, 0.6) is 0 Å². The average molecular weight is 213 g/mol. The normalized spacial score (nSPS) is 10.1. The fraction of sp³-hybridized carbons (Fsp3) is 0.300. The molecule has 0 aliphatic carbocycles. The van der Waals surface area contributed by atoms with Crippen LogP contribution in [0.1, 0.15) is 11.5 Å². The van der Waals surface area contributed by atoms with E-state index < -0.39 is 0 Å². The molecule has 4 heteroatoms. The van der Waals surface area contributed by atoms with Crippen LogP contribution in [0.2, 0.25) is 0 Å². The number of hydrogen-bond acceptors (Lipinski definition) is 3. The van der Waals surface area contributed by atoms with E-state index in [4.69, 9.17) is 10.2 Å². The zero-order valence-electron chi connectivity index (χ0n) is 7.99. The Morgan fingerprint density at radius 3 is 2.93 bits per heavy atom. The third-order valence-electron chi connectivity index (χ3n) is 1.95. The van der Waals surface area contributed by atoms with Crippen molar-refractivity contribution in [2.45, 2.75) is 13.3 Å². The van der Waals surface area contributed by atoms with E-state index in [2.05, 4.69) is 4.98 Å². The molecule has 3 nitrogen and oxygen atoms in total. The fourth-order valence-corrected chi connectivity index (χ4v) is 1.32. The van der Waals surface area contributed by atoms with Crippen LogP contribution in [0.4, 0.5) is 0 Å². The summed E-state index contributed by atoms with van der Waals surface area (Å²) in [6, 6.07) is 5.97. The molecule has 1 aromatic heterocycles. The first-order chi connectivity index (χ1) is 6.29. The van der Waals surface area contributed by atoms with Gasteiger partial charge in [0.15, 0.2) is 11.5 Å². The molecular formula is C10H13ClN2O. The highest BCUT2D eigenvalue weighted by atomic mass is 35.5. The minimum absolute atomic E-state index is 0. The van der Waals surface area contributed by atoms with Crippen molar-refractivity contribution in [3.8, 4) is 0 Å². The van der Waals surface area contributed by atoms with Gasteiger partial charge in [-0.05, 0) is 24.6 Å². The number of aryl methyl sites for hydroxylation is 1. The van der Waals surface area contributed by atoms with Gasteiger partial charge in [0.1, 0.15) is 5.52 Å². The highest BCUT2D eigenvalue weighted by molar-refractivity contribution is 5.85. The van der Waals surface area contributed by atoms with Crippen LogP contribution < -0.4 is 5.73 Å². The van der Waals surface area contributed by atoms with E-state index in [-0.39, 0.29) is 12.4 Å². The molecule has 76 valence electrons. The Bertz CT molecular complexity index is 425. The molecule has 0 saturated heterocycles. The maximum absolute atomic E-state index is 5.47. The SMILES string of the molecule is Cc1ccc2oc(CCN)nc2c1.Cl. The maximum atomic E-state index is 5.47. The van der Waals surface area contributed by atoms with Crippen molar-refractivity contribution in [1.82, 2.24) is 4.98 Å². The van der Waals surface area contributed by atoms with Gasteiger partial charge in [0.2, 0.25) is 0 Å². The van der Waals surface area contributed by atoms with E-state index >= 15 is 0 Å². The Morgan fingerprint density at radius 1 is 1.43 bits per heavy atom. The number of hydrogen-bond donors (Lipinski definition) is 1. The number of nitrogens with zero attached hydrogens (tertiary/aromatic N) is 1. The van der Waals surface area contributed by atoms with Crippen LogP contribution in [0, 0.1) is 6.92 Å². The third-order valence-corrected chi connectivity index (χ3v) is 1.95. The average Bonchev–Trinajstić information content (AvgIpc) is 2.46. The second kappa shape index (κ2) is 4.44. The lowest BCUT2D eigenvalue weighted by molar-refractivity contribution is 0.531. The van der Waals surface area contributed by atoms with Crippen molar-refractivity contribution < 1.29 is 4.42 Å². The van der Waals surface area contributed by atoms with E-state index in [1.807, 2.05) is 25.1 Å². The minimum Gasteiger partial charge on any atom is -0.441 e. The second-order valence-corrected chi connectivity index (χ2v) is 3.12. The molecule has 1 aromatic carbocycles. The van der Waals surface area contributed by atoms with E-state index in [0.29, 0.717) is 13.0 Å². The quantitative estimate of drug-likeness (QED) is 0.829. The first kappa shape index (κ1) is 11.0. The van der Waals surface area contributed by atoms with Gasteiger partial charge in [-0.25, -0.2) is 4.98 Å². The molecule has 0 amide bonds. The Balaban J connectivity index is 0.000000980. The minimum atomic E-state index is 0. The van der Waals surface area contributed by atoms with Gasteiger partial charge in [-0.1, -0.05) is 6.07 Å². The largest absolute Gasteiger partial charge is 0.441 e. The molecule has 0 unspecified atom stereocenters. The van der Waals surface area contributed by atoms with E-state index in [1.165, 1.54) is 5.56 Å². The lowest BCUT2D eigenvalue weighted by Gasteiger charge is -1.87.